The lowest BCUT2D eigenvalue weighted by Gasteiger charge is -2.26. The van der Waals surface area contributed by atoms with Crippen LogP contribution in [0.3, 0.4) is 0 Å². The predicted molar refractivity (Wildman–Crippen MR) is 69.7 cm³/mol. The molecule has 1 aliphatic carbocycles. The maximum atomic E-state index is 12.0. The Labute approximate surface area is 114 Å². The molecule has 2 aliphatic heterocycles. The van der Waals surface area contributed by atoms with E-state index in [9.17, 15) is 4.79 Å². The van der Waals surface area contributed by atoms with Gasteiger partial charge in [0, 0.05) is 6.61 Å². The number of epoxide rings is 1. The Hall–Kier alpha value is -0.610. The Morgan fingerprint density at radius 2 is 2.11 bits per heavy atom. The Kier molecular flexibility index (Phi) is 4.08. The summed E-state index contributed by atoms with van der Waals surface area (Å²) < 4.78 is 16.4. The van der Waals surface area contributed by atoms with E-state index in [0.717, 1.165) is 25.7 Å². The molecule has 3 aliphatic rings. The van der Waals surface area contributed by atoms with Gasteiger partial charge < -0.3 is 14.2 Å². The number of hydrogen-bond acceptors (Lipinski definition) is 4. The molecule has 1 saturated carbocycles. The van der Waals surface area contributed by atoms with Crippen molar-refractivity contribution >= 4 is 5.97 Å². The molecular formula is C15H24O4. The molecule has 5 atom stereocenters. The van der Waals surface area contributed by atoms with Crippen molar-refractivity contribution < 1.29 is 19.0 Å². The number of hydrogen-bond donors (Lipinski definition) is 0. The van der Waals surface area contributed by atoms with Crippen molar-refractivity contribution in [3.63, 3.8) is 0 Å². The van der Waals surface area contributed by atoms with Crippen LogP contribution in [0.25, 0.3) is 0 Å². The number of esters is 1. The van der Waals surface area contributed by atoms with E-state index in [0.29, 0.717) is 31.3 Å². The minimum Gasteiger partial charge on any atom is -0.465 e. The summed E-state index contributed by atoms with van der Waals surface area (Å²) in [6, 6.07) is 0. The molecular weight excluding hydrogens is 244 g/mol. The zero-order valence-electron chi connectivity index (χ0n) is 11.7. The van der Waals surface area contributed by atoms with Crippen LogP contribution in [0.2, 0.25) is 0 Å². The van der Waals surface area contributed by atoms with Crippen LogP contribution in [-0.2, 0) is 19.0 Å². The first-order chi connectivity index (χ1) is 9.22. The molecule has 0 aromatic rings. The van der Waals surface area contributed by atoms with Gasteiger partial charge in [-0.25, -0.2) is 0 Å². The van der Waals surface area contributed by atoms with Crippen LogP contribution in [0, 0.1) is 11.8 Å². The van der Waals surface area contributed by atoms with E-state index in [1.807, 2.05) is 6.92 Å². The summed E-state index contributed by atoms with van der Waals surface area (Å²) in [6.45, 7) is 3.28. The molecule has 3 rings (SSSR count). The van der Waals surface area contributed by atoms with Gasteiger partial charge in [-0.15, -0.1) is 0 Å². The van der Waals surface area contributed by atoms with Crippen LogP contribution in [0.5, 0.6) is 0 Å². The molecule has 0 N–H and O–H groups in total. The maximum Gasteiger partial charge on any atom is 0.309 e. The molecule has 5 unspecified atom stereocenters. The maximum absolute atomic E-state index is 12.0. The molecule has 0 aromatic carbocycles. The number of carbonyl (C=O) groups excluding carboxylic acids is 1. The van der Waals surface area contributed by atoms with Gasteiger partial charge in [0.1, 0.15) is 0 Å². The van der Waals surface area contributed by atoms with E-state index in [4.69, 9.17) is 14.2 Å². The van der Waals surface area contributed by atoms with Crippen LogP contribution < -0.4 is 0 Å². The first-order valence-electron chi connectivity index (χ1n) is 7.66. The smallest absolute Gasteiger partial charge is 0.309 e. The second-order valence-electron chi connectivity index (χ2n) is 6.25. The molecule has 0 spiro atoms. The molecule has 3 fully saturated rings. The number of ether oxygens (including phenoxy) is 3. The van der Waals surface area contributed by atoms with Crippen molar-refractivity contribution in [2.75, 3.05) is 13.2 Å². The van der Waals surface area contributed by atoms with Crippen molar-refractivity contribution in [1.82, 2.24) is 0 Å². The largest absolute Gasteiger partial charge is 0.465 e. The lowest BCUT2D eigenvalue weighted by molar-refractivity contribution is -0.153. The predicted octanol–water partition coefficient (Wildman–Crippen LogP) is 2.30. The fourth-order valence-electron chi connectivity index (χ4n) is 3.41. The van der Waals surface area contributed by atoms with E-state index >= 15 is 0 Å². The summed E-state index contributed by atoms with van der Waals surface area (Å²) >= 11 is 0. The van der Waals surface area contributed by atoms with Gasteiger partial charge in [-0.3, -0.25) is 4.79 Å². The van der Waals surface area contributed by atoms with Gasteiger partial charge >= 0.3 is 5.97 Å². The Balaban J connectivity index is 1.33. The molecule has 0 bridgehead atoms. The normalized spacial score (nSPS) is 41.4. The zero-order valence-corrected chi connectivity index (χ0v) is 11.7. The van der Waals surface area contributed by atoms with Crippen LogP contribution in [0.1, 0.15) is 45.4 Å². The highest BCUT2D eigenvalue weighted by Gasteiger charge is 2.43. The molecule has 4 nitrogen and oxygen atoms in total. The van der Waals surface area contributed by atoms with Crippen LogP contribution in [0.15, 0.2) is 0 Å². The van der Waals surface area contributed by atoms with Crippen LogP contribution in [0.4, 0.5) is 0 Å². The highest BCUT2D eigenvalue weighted by molar-refractivity contribution is 5.72. The third-order valence-corrected chi connectivity index (χ3v) is 4.70. The van der Waals surface area contributed by atoms with E-state index < -0.39 is 0 Å². The summed E-state index contributed by atoms with van der Waals surface area (Å²) in [7, 11) is 0. The second-order valence-corrected chi connectivity index (χ2v) is 6.25. The topological polar surface area (TPSA) is 48.1 Å². The standard InChI is InChI=1S/C15H24O4/c1-10-8-12(5-7-17-10)15(16)18-6-4-11-2-3-13-14(9-11)19-13/h10-14H,2-9H2,1H3. The van der Waals surface area contributed by atoms with Gasteiger partial charge in [-0.05, 0) is 51.4 Å². The lowest BCUT2D eigenvalue weighted by atomic mass is 9.87. The van der Waals surface area contributed by atoms with Gasteiger partial charge in [0.05, 0.1) is 30.8 Å². The highest BCUT2D eigenvalue weighted by Crippen LogP contribution is 2.40. The molecule has 2 heterocycles. The summed E-state index contributed by atoms with van der Waals surface area (Å²) in [6.07, 6.45) is 7.47. The molecule has 19 heavy (non-hydrogen) atoms. The number of fused-ring (bicyclic) bond motifs is 1. The van der Waals surface area contributed by atoms with Gasteiger partial charge in [0.15, 0.2) is 0 Å². The minimum absolute atomic E-state index is 0.0218. The third-order valence-electron chi connectivity index (χ3n) is 4.70. The molecule has 0 aromatic heterocycles. The molecule has 2 saturated heterocycles. The molecule has 108 valence electrons. The van der Waals surface area contributed by atoms with Crippen LogP contribution in [-0.4, -0.2) is 37.5 Å². The van der Waals surface area contributed by atoms with Gasteiger partial charge in [0.25, 0.3) is 0 Å². The fourth-order valence-corrected chi connectivity index (χ4v) is 3.41. The number of rotatable bonds is 4. The van der Waals surface area contributed by atoms with Gasteiger partial charge in [-0.2, -0.15) is 0 Å². The van der Waals surface area contributed by atoms with E-state index in [-0.39, 0.29) is 18.0 Å². The number of carbonyl (C=O) groups is 1. The monoisotopic (exact) mass is 268 g/mol. The quantitative estimate of drug-likeness (QED) is 0.580. The summed E-state index contributed by atoms with van der Waals surface area (Å²) in [5.41, 5.74) is 0. The highest BCUT2D eigenvalue weighted by atomic mass is 16.6. The minimum atomic E-state index is -0.0218. The summed E-state index contributed by atoms with van der Waals surface area (Å²) in [5, 5.41) is 0. The summed E-state index contributed by atoms with van der Waals surface area (Å²) in [4.78, 5) is 12.0. The van der Waals surface area contributed by atoms with Crippen molar-refractivity contribution in [2.45, 2.75) is 63.8 Å². The zero-order chi connectivity index (χ0) is 13.2. The van der Waals surface area contributed by atoms with Gasteiger partial charge in [0.2, 0.25) is 0 Å². The van der Waals surface area contributed by atoms with Crippen molar-refractivity contribution in [3.8, 4) is 0 Å². The molecule has 0 amide bonds. The average Bonchev–Trinajstić information content (AvgIpc) is 3.17. The first kappa shape index (κ1) is 13.4. The Bertz CT molecular complexity index is 330. The molecule has 4 heteroatoms. The van der Waals surface area contributed by atoms with E-state index in [1.54, 1.807) is 0 Å². The van der Waals surface area contributed by atoms with E-state index in [1.165, 1.54) is 12.8 Å². The summed E-state index contributed by atoms with van der Waals surface area (Å²) in [5.74, 6) is 0.711. The third kappa shape index (κ3) is 3.48. The Morgan fingerprint density at radius 1 is 1.21 bits per heavy atom. The second kappa shape index (κ2) is 5.80. The lowest BCUT2D eigenvalue weighted by Crippen LogP contribution is -2.30. The van der Waals surface area contributed by atoms with Crippen molar-refractivity contribution in [2.24, 2.45) is 11.8 Å². The van der Waals surface area contributed by atoms with Crippen molar-refractivity contribution in [1.29, 1.82) is 0 Å². The average molecular weight is 268 g/mol. The fraction of sp³-hybridized carbons (Fsp3) is 0.933. The Morgan fingerprint density at radius 3 is 2.89 bits per heavy atom. The van der Waals surface area contributed by atoms with Crippen molar-refractivity contribution in [3.05, 3.63) is 0 Å². The molecule has 0 radical (unpaired) electrons. The SMILES string of the molecule is CC1CC(C(=O)OCCC2CCC3OC3C2)CCO1. The van der Waals surface area contributed by atoms with Crippen LogP contribution >= 0.6 is 0 Å². The van der Waals surface area contributed by atoms with E-state index in [2.05, 4.69) is 0 Å². The van der Waals surface area contributed by atoms with Gasteiger partial charge in [-0.1, -0.05) is 0 Å². The first-order valence-corrected chi connectivity index (χ1v) is 7.66.